The molecule has 0 spiro atoms. The molecule has 2 aromatic rings. The predicted octanol–water partition coefficient (Wildman–Crippen LogP) is 2.89. The second-order valence-electron chi connectivity index (χ2n) is 3.58. The highest BCUT2D eigenvalue weighted by atomic mass is 32.1. The number of thiophene rings is 1. The van der Waals surface area contributed by atoms with Gasteiger partial charge in [-0.2, -0.15) is 5.26 Å². The molecule has 2 aromatic heterocycles. The molecule has 4 heteroatoms. The van der Waals surface area contributed by atoms with Crippen molar-refractivity contribution in [1.82, 2.24) is 9.97 Å². The lowest BCUT2D eigenvalue weighted by atomic mass is 10.2. The lowest BCUT2D eigenvalue weighted by Crippen LogP contribution is -1.97. The Balaban J connectivity index is 2.50. The van der Waals surface area contributed by atoms with Crippen molar-refractivity contribution in [2.75, 3.05) is 0 Å². The molecule has 0 saturated heterocycles. The van der Waals surface area contributed by atoms with Crippen LogP contribution in [0.2, 0.25) is 0 Å². The van der Waals surface area contributed by atoms with Gasteiger partial charge in [0.1, 0.15) is 5.82 Å². The van der Waals surface area contributed by atoms with Crippen molar-refractivity contribution in [2.24, 2.45) is 0 Å². The molecule has 0 fully saturated rings. The van der Waals surface area contributed by atoms with Crippen molar-refractivity contribution in [3.8, 4) is 16.6 Å². The zero-order valence-corrected chi connectivity index (χ0v) is 10.0. The van der Waals surface area contributed by atoms with Crippen LogP contribution in [0.25, 0.3) is 10.6 Å². The van der Waals surface area contributed by atoms with E-state index >= 15 is 0 Å². The van der Waals surface area contributed by atoms with Crippen molar-refractivity contribution in [3.63, 3.8) is 0 Å². The molecule has 0 aliphatic heterocycles. The highest BCUT2D eigenvalue weighted by Crippen LogP contribution is 2.27. The van der Waals surface area contributed by atoms with Crippen LogP contribution in [0.4, 0.5) is 0 Å². The summed E-state index contributed by atoms with van der Waals surface area (Å²) in [6.07, 6.45) is 0.263. The van der Waals surface area contributed by atoms with E-state index in [4.69, 9.17) is 5.26 Å². The molecule has 0 aromatic carbocycles. The average molecular weight is 229 g/mol. The molecule has 2 heterocycles. The fraction of sp³-hybridized carbons (Fsp3) is 0.250. The van der Waals surface area contributed by atoms with Gasteiger partial charge in [-0.15, -0.1) is 11.3 Å². The lowest BCUT2D eigenvalue weighted by molar-refractivity contribution is 0.970. The van der Waals surface area contributed by atoms with Crippen LogP contribution in [0, 0.1) is 25.2 Å². The minimum atomic E-state index is 0.263. The molecule has 0 unspecified atom stereocenters. The summed E-state index contributed by atoms with van der Waals surface area (Å²) in [6, 6.07) is 6.11. The number of hydrogen-bond acceptors (Lipinski definition) is 4. The van der Waals surface area contributed by atoms with E-state index < -0.39 is 0 Å². The van der Waals surface area contributed by atoms with Gasteiger partial charge < -0.3 is 0 Å². The van der Waals surface area contributed by atoms with E-state index in [2.05, 4.69) is 29.0 Å². The first kappa shape index (κ1) is 10.8. The summed E-state index contributed by atoms with van der Waals surface area (Å²) in [6.45, 7) is 3.99. The maximum absolute atomic E-state index is 8.66. The fourth-order valence-electron chi connectivity index (χ4n) is 1.53. The van der Waals surface area contributed by atoms with E-state index in [1.54, 1.807) is 11.3 Å². The molecule has 0 radical (unpaired) electrons. The van der Waals surface area contributed by atoms with Crippen LogP contribution in [0.3, 0.4) is 0 Å². The standard InChI is InChI=1S/C12H11N3S/c1-8-4-6-16-12(8)10-7-9(2)14-11(15-10)3-5-13/h4,6-7H,3H2,1-2H3. The highest BCUT2D eigenvalue weighted by Gasteiger charge is 2.07. The van der Waals surface area contributed by atoms with Gasteiger partial charge in [-0.3, -0.25) is 0 Å². The van der Waals surface area contributed by atoms with Gasteiger partial charge >= 0.3 is 0 Å². The second kappa shape index (κ2) is 4.42. The van der Waals surface area contributed by atoms with E-state index in [0.717, 1.165) is 16.3 Å². The molecule has 0 saturated carbocycles. The molecular formula is C12H11N3S. The number of aromatic nitrogens is 2. The van der Waals surface area contributed by atoms with Crippen molar-refractivity contribution >= 4 is 11.3 Å². The van der Waals surface area contributed by atoms with Crippen molar-refractivity contribution in [2.45, 2.75) is 20.3 Å². The summed E-state index contributed by atoms with van der Waals surface area (Å²) < 4.78 is 0. The summed E-state index contributed by atoms with van der Waals surface area (Å²) in [5.74, 6) is 0.602. The molecule has 0 bridgehead atoms. The Morgan fingerprint density at radius 3 is 2.81 bits per heavy atom. The first-order valence-corrected chi connectivity index (χ1v) is 5.84. The Labute approximate surface area is 98.4 Å². The Kier molecular flexibility index (Phi) is 2.97. The Morgan fingerprint density at radius 1 is 1.38 bits per heavy atom. The summed E-state index contributed by atoms with van der Waals surface area (Å²) in [7, 11) is 0. The number of aryl methyl sites for hydroxylation is 2. The van der Waals surface area contributed by atoms with Crippen LogP contribution in [0.1, 0.15) is 17.1 Å². The molecule has 3 nitrogen and oxygen atoms in total. The van der Waals surface area contributed by atoms with Gasteiger partial charge in [0.15, 0.2) is 0 Å². The summed E-state index contributed by atoms with van der Waals surface area (Å²) >= 11 is 1.66. The highest BCUT2D eigenvalue weighted by molar-refractivity contribution is 7.13. The van der Waals surface area contributed by atoms with Crippen molar-refractivity contribution in [1.29, 1.82) is 5.26 Å². The van der Waals surface area contributed by atoms with Gasteiger partial charge in [-0.05, 0) is 36.9 Å². The Hall–Kier alpha value is -1.73. The van der Waals surface area contributed by atoms with Crippen molar-refractivity contribution in [3.05, 3.63) is 34.6 Å². The quantitative estimate of drug-likeness (QED) is 0.795. The maximum atomic E-state index is 8.66. The van der Waals surface area contributed by atoms with Gasteiger partial charge in [0.25, 0.3) is 0 Å². The Morgan fingerprint density at radius 2 is 2.19 bits per heavy atom. The first-order valence-electron chi connectivity index (χ1n) is 4.96. The summed E-state index contributed by atoms with van der Waals surface area (Å²) in [5, 5.41) is 10.7. The average Bonchev–Trinajstić information content (AvgIpc) is 2.64. The van der Waals surface area contributed by atoms with Crippen LogP contribution in [-0.4, -0.2) is 9.97 Å². The molecule has 80 valence electrons. The topological polar surface area (TPSA) is 49.6 Å². The smallest absolute Gasteiger partial charge is 0.143 e. The minimum Gasteiger partial charge on any atom is -0.237 e. The molecular weight excluding hydrogens is 218 g/mol. The van der Waals surface area contributed by atoms with E-state index in [9.17, 15) is 0 Å². The third-order valence-electron chi connectivity index (χ3n) is 2.23. The lowest BCUT2D eigenvalue weighted by Gasteiger charge is -2.03. The van der Waals surface area contributed by atoms with Crippen LogP contribution in [0.5, 0.6) is 0 Å². The number of nitrogens with zero attached hydrogens (tertiary/aromatic N) is 3. The van der Waals surface area contributed by atoms with Gasteiger partial charge in [0.2, 0.25) is 0 Å². The molecule has 0 amide bonds. The second-order valence-corrected chi connectivity index (χ2v) is 4.49. The molecule has 0 N–H and O–H groups in total. The monoisotopic (exact) mass is 229 g/mol. The molecule has 0 atom stereocenters. The zero-order valence-electron chi connectivity index (χ0n) is 9.19. The van der Waals surface area contributed by atoms with Gasteiger partial charge in [0, 0.05) is 5.69 Å². The molecule has 16 heavy (non-hydrogen) atoms. The van der Waals surface area contributed by atoms with E-state index in [0.29, 0.717) is 5.82 Å². The number of nitriles is 1. The number of rotatable bonds is 2. The summed E-state index contributed by atoms with van der Waals surface area (Å²) in [4.78, 5) is 9.79. The molecule has 0 aliphatic carbocycles. The third kappa shape index (κ3) is 2.10. The first-order chi connectivity index (χ1) is 7.70. The maximum Gasteiger partial charge on any atom is 0.143 e. The van der Waals surface area contributed by atoms with E-state index in [-0.39, 0.29) is 6.42 Å². The number of hydrogen-bond donors (Lipinski definition) is 0. The molecule has 0 aliphatic rings. The van der Waals surface area contributed by atoms with Crippen LogP contribution < -0.4 is 0 Å². The third-order valence-corrected chi connectivity index (χ3v) is 3.27. The molecule has 2 rings (SSSR count). The van der Waals surface area contributed by atoms with Crippen LogP contribution in [-0.2, 0) is 6.42 Å². The van der Waals surface area contributed by atoms with Gasteiger partial charge in [0.05, 0.1) is 23.1 Å². The van der Waals surface area contributed by atoms with Crippen LogP contribution in [0.15, 0.2) is 17.5 Å². The SMILES string of the molecule is Cc1cc(-c2sccc2C)nc(CC#N)n1. The normalized spacial score (nSPS) is 10.1. The summed E-state index contributed by atoms with van der Waals surface area (Å²) in [5.41, 5.74) is 3.04. The van der Waals surface area contributed by atoms with Crippen molar-refractivity contribution < 1.29 is 0 Å². The largest absolute Gasteiger partial charge is 0.237 e. The van der Waals surface area contributed by atoms with Gasteiger partial charge in [-0.25, -0.2) is 9.97 Å². The predicted molar refractivity (Wildman–Crippen MR) is 64.1 cm³/mol. The van der Waals surface area contributed by atoms with Crippen LogP contribution >= 0.6 is 11.3 Å². The fourth-order valence-corrected chi connectivity index (χ4v) is 2.42. The minimum absolute atomic E-state index is 0.263. The Bertz CT molecular complexity index is 552. The van der Waals surface area contributed by atoms with Gasteiger partial charge in [-0.1, -0.05) is 0 Å². The van der Waals surface area contributed by atoms with E-state index in [1.807, 2.05) is 18.4 Å². The zero-order chi connectivity index (χ0) is 11.5. The van der Waals surface area contributed by atoms with E-state index in [1.165, 1.54) is 5.56 Å².